The van der Waals surface area contributed by atoms with Crippen LogP contribution in [0, 0.1) is 0 Å². The molecule has 1 rings (SSSR count). The molecule has 0 amide bonds. The third-order valence-electron chi connectivity index (χ3n) is 0.686. The van der Waals surface area contributed by atoms with E-state index in [-0.39, 0.29) is 12.3 Å². The zero-order chi connectivity index (χ0) is 5.28. The van der Waals surface area contributed by atoms with Crippen LogP contribution < -0.4 is 0 Å². The number of ketones is 1. The van der Waals surface area contributed by atoms with E-state index in [2.05, 4.69) is 0 Å². The summed E-state index contributed by atoms with van der Waals surface area (Å²) in [5, 5.41) is 8.48. The molecule has 3 nitrogen and oxygen atoms in total. The van der Waals surface area contributed by atoms with E-state index in [1.54, 1.807) is 0 Å². The van der Waals surface area contributed by atoms with E-state index in [1.807, 2.05) is 0 Å². The second-order valence-electron chi connectivity index (χ2n) is 1.32. The molecule has 0 aromatic carbocycles. The van der Waals surface area contributed by atoms with E-state index in [0.29, 0.717) is 5.75 Å². The van der Waals surface area contributed by atoms with Crippen LogP contribution in [-0.2, 0) is 4.79 Å². The summed E-state index contributed by atoms with van der Waals surface area (Å²) in [6, 6.07) is 0. The van der Waals surface area contributed by atoms with Crippen LogP contribution in [0.25, 0.3) is 0 Å². The maximum atomic E-state index is 10.2. The lowest BCUT2D eigenvalue weighted by atomic mass is 10.5. The van der Waals surface area contributed by atoms with Gasteiger partial charge in [-0.25, -0.2) is 0 Å². The van der Waals surface area contributed by atoms with Crippen LogP contribution in [0.4, 0.5) is 0 Å². The molecule has 1 N–H and O–H groups in total. The van der Waals surface area contributed by atoms with Gasteiger partial charge in [0, 0.05) is 0 Å². The van der Waals surface area contributed by atoms with E-state index in [1.165, 1.54) is 0 Å². The summed E-state index contributed by atoms with van der Waals surface area (Å²) in [7, 11) is 0. The Morgan fingerprint density at radius 2 is 2.57 bits per heavy atom. The number of carbonyl (C=O) groups is 1. The van der Waals surface area contributed by atoms with E-state index in [9.17, 15) is 4.79 Å². The van der Waals surface area contributed by atoms with Crippen LogP contribution in [0.1, 0.15) is 0 Å². The zero-order valence-corrected chi connectivity index (χ0v) is 4.44. The lowest BCUT2D eigenvalue weighted by molar-refractivity contribution is -0.119. The van der Waals surface area contributed by atoms with Crippen molar-refractivity contribution < 1.29 is 10.0 Å². The maximum absolute atomic E-state index is 10.2. The molecule has 1 aliphatic heterocycles. The van der Waals surface area contributed by atoms with E-state index in [4.69, 9.17) is 5.21 Å². The molecular formula is C3H5NO2S. The summed E-state index contributed by atoms with van der Waals surface area (Å²) in [5.74, 6) is 0.517. The van der Waals surface area contributed by atoms with Crippen molar-refractivity contribution in [1.82, 2.24) is 4.47 Å². The highest BCUT2D eigenvalue weighted by molar-refractivity contribution is 7.98. The van der Waals surface area contributed by atoms with Crippen molar-refractivity contribution in [2.75, 3.05) is 12.3 Å². The predicted octanol–water partition coefficient (Wildman–Crippen LogP) is -0.0915. The number of hydroxylamine groups is 1. The molecule has 0 aromatic rings. The first-order chi connectivity index (χ1) is 3.29. The van der Waals surface area contributed by atoms with Crippen LogP contribution in [0.15, 0.2) is 0 Å². The average molecular weight is 119 g/mol. The van der Waals surface area contributed by atoms with Crippen LogP contribution in [0.3, 0.4) is 0 Å². The molecule has 0 aromatic heterocycles. The number of rotatable bonds is 0. The molecule has 4 heteroatoms. The van der Waals surface area contributed by atoms with Crippen LogP contribution >= 0.6 is 11.9 Å². The Balaban J connectivity index is 2.40. The molecule has 0 atom stereocenters. The standard InChI is InChI=1S/C3H5NO2S/c5-3-1-4(6)7-2-3/h6H,1-2H2. The van der Waals surface area contributed by atoms with Crippen LogP contribution in [-0.4, -0.2) is 27.8 Å². The Labute approximate surface area is 45.4 Å². The first kappa shape index (κ1) is 5.08. The molecule has 0 bridgehead atoms. The van der Waals surface area contributed by atoms with Gasteiger partial charge in [-0.05, 0) is 11.9 Å². The molecule has 40 valence electrons. The SMILES string of the molecule is O=C1CSN(O)C1. The summed E-state index contributed by atoms with van der Waals surface area (Å²) in [5.41, 5.74) is 0. The molecule has 0 aliphatic carbocycles. The Bertz CT molecular complexity index is 94.9. The lowest BCUT2D eigenvalue weighted by Crippen LogP contribution is -2.09. The third kappa shape index (κ3) is 1.15. The maximum Gasteiger partial charge on any atom is 0.161 e. The van der Waals surface area contributed by atoms with Gasteiger partial charge in [0.05, 0.1) is 12.3 Å². The van der Waals surface area contributed by atoms with Crippen molar-refractivity contribution in [3.8, 4) is 0 Å². The van der Waals surface area contributed by atoms with E-state index in [0.717, 1.165) is 16.4 Å². The summed E-state index contributed by atoms with van der Waals surface area (Å²) in [6.45, 7) is 0.185. The summed E-state index contributed by atoms with van der Waals surface area (Å²) in [4.78, 5) is 10.2. The van der Waals surface area contributed by atoms with Gasteiger partial charge in [0.2, 0.25) is 0 Å². The van der Waals surface area contributed by atoms with Gasteiger partial charge >= 0.3 is 0 Å². The molecular weight excluding hydrogens is 114 g/mol. The normalized spacial score (nSPS) is 23.9. The number of nitrogens with zero attached hydrogens (tertiary/aromatic N) is 1. The van der Waals surface area contributed by atoms with Gasteiger partial charge < -0.3 is 5.21 Å². The van der Waals surface area contributed by atoms with Gasteiger partial charge in [0.15, 0.2) is 5.78 Å². The second kappa shape index (κ2) is 1.81. The first-order valence-corrected chi connectivity index (χ1v) is 2.84. The van der Waals surface area contributed by atoms with Gasteiger partial charge in [-0.3, -0.25) is 4.79 Å². The minimum atomic E-state index is 0.0903. The molecule has 0 radical (unpaired) electrons. The van der Waals surface area contributed by atoms with E-state index < -0.39 is 0 Å². The van der Waals surface area contributed by atoms with Crippen LogP contribution in [0.5, 0.6) is 0 Å². The lowest BCUT2D eigenvalue weighted by Gasteiger charge is -1.95. The second-order valence-corrected chi connectivity index (χ2v) is 2.29. The van der Waals surface area contributed by atoms with Gasteiger partial charge in [-0.1, -0.05) is 0 Å². The van der Waals surface area contributed by atoms with Crippen LogP contribution in [0.2, 0.25) is 0 Å². The van der Waals surface area contributed by atoms with Crippen molar-refractivity contribution >= 4 is 17.7 Å². The highest BCUT2D eigenvalue weighted by Crippen LogP contribution is 2.12. The number of hydrogen-bond acceptors (Lipinski definition) is 4. The van der Waals surface area contributed by atoms with Gasteiger partial charge in [-0.2, -0.15) is 0 Å². The highest BCUT2D eigenvalue weighted by atomic mass is 32.2. The molecule has 1 aliphatic rings. The molecule has 0 unspecified atom stereocenters. The minimum Gasteiger partial charge on any atom is -0.303 e. The van der Waals surface area contributed by atoms with Gasteiger partial charge in [0.1, 0.15) is 0 Å². The molecule has 0 saturated carbocycles. The van der Waals surface area contributed by atoms with Crippen molar-refractivity contribution in [2.24, 2.45) is 0 Å². The van der Waals surface area contributed by atoms with Crippen molar-refractivity contribution in [3.63, 3.8) is 0 Å². The summed E-state index contributed by atoms with van der Waals surface area (Å²) >= 11 is 1.14. The predicted molar refractivity (Wildman–Crippen MR) is 26.0 cm³/mol. The topological polar surface area (TPSA) is 40.5 Å². The fourth-order valence-electron chi connectivity index (χ4n) is 0.389. The van der Waals surface area contributed by atoms with Crippen molar-refractivity contribution in [1.29, 1.82) is 0 Å². The number of carbonyl (C=O) groups excluding carboxylic acids is 1. The smallest absolute Gasteiger partial charge is 0.161 e. The summed E-state index contributed by atoms with van der Waals surface area (Å²) < 4.78 is 0.947. The Morgan fingerprint density at radius 1 is 1.86 bits per heavy atom. The van der Waals surface area contributed by atoms with Crippen molar-refractivity contribution in [2.45, 2.75) is 0 Å². The average Bonchev–Trinajstić information content (AvgIpc) is 1.87. The molecule has 0 spiro atoms. The largest absolute Gasteiger partial charge is 0.303 e. The van der Waals surface area contributed by atoms with Crippen molar-refractivity contribution in [3.05, 3.63) is 0 Å². The minimum absolute atomic E-state index is 0.0903. The van der Waals surface area contributed by atoms with Gasteiger partial charge in [0.25, 0.3) is 0 Å². The zero-order valence-electron chi connectivity index (χ0n) is 3.63. The quantitative estimate of drug-likeness (QED) is 0.452. The highest BCUT2D eigenvalue weighted by Gasteiger charge is 2.17. The Kier molecular flexibility index (Phi) is 1.32. The molecule has 1 saturated heterocycles. The number of Topliss-reactive ketones (excluding diaryl/α,β-unsaturated/α-hetero) is 1. The fourth-order valence-corrected chi connectivity index (χ4v) is 1.01. The molecule has 1 fully saturated rings. The first-order valence-electron chi connectivity index (χ1n) is 1.90. The Hall–Kier alpha value is -0.0600. The number of hydrogen-bond donors (Lipinski definition) is 1. The summed E-state index contributed by atoms with van der Waals surface area (Å²) in [6.07, 6.45) is 0. The third-order valence-corrected chi connectivity index (χ3v) is 1.56. The monoisotopic (exact) mass is 119 g/mol. The fraction of sp³-hybridized carbons (Fsp3) is 0.667. The van der Waals surface area contributed by atoms with Gasteiger partial charge in [-0.15, -0.1) is 4.47 Å². The molecule has 1 heterocycles. The Morgan fingerprint density at radius 3 is 2.71 bits per heavy atom. The molecule has 7 heavy (non-hydrogen) atoms. The van der Waals surface area contributed by atoms with E-state index >= 15 is 0 Å².